The van der Waals surface area contributed by atoms with Crippen LogP contribution in [-0.2, 0) is 6.54 Å². The molecule has 130 valence electrons. The van der Waals surface area contributed by atoms with E-state index in [0.717, 1.165) is 6.54 Å². The van der Waals surface area contributed by atoms with E-state index < -0.39 is 6.10 Å². The minimum absolute atomic E-state index is 0.0112. The van der Waals surface area contributed by atoms with E-state index >= 15 is 0 Å². The fraction of sp³-hybridized carbons (Fsp3) is 0.500. The molecular formula is C16H22N4O3S. The number of ether oxygens (including phenoxy) is 1. The number of thioether (sulfide) groups is 1. The van der Waals surface area contributed by atoms with E-state index in [1.165, 1.54) is 18.7 Å². The molecule has 0 fully saturated rings. The Kier molecular flexibility index (Phi) is 6.74. The SMILES string of the molecule is CC(=O)c1ccc(OCC(O)CSc2nnnn2CC(C)C)cc1. The highest BCUT2D eigenvalue weighted by Crippen LogP contribution is 2.17. The maximum Gasteiger partial charge on any atom is 0.209 e. The normalized spacial score (nSPS) is 12.4. The molecule has 2 aromatic rings. The van der Waals surface area contributed by atoms with Crippen molar-refractivity contribution in [2.75, 3.05) is 12.4 Å². The summed E-state index contributed by atoms with van der Waals surface area (Å²) in [5.41, 5.74) is 0.635. The van der Waals surface area contributed by atoms with Gasteiger partial charge in [-0.25, -0.2) is 4.68 Å². The number of aliphatic hydroxyl groups is 1. The van der Waals surface area contributed by atoms with Gasteiger partial charge in [0.1, 0.15) is 12.4 Å². The first-order valence-electron chi connectivity index (χ1n) is 7.76. The third-order valence-electron chi connectivity index (χ3n) is 3.15. The van der Waals surface area contributed by atoms with E-state index in [2.05, 4.69) is 29.4 Å². The lowest BCUT2D eigenvalue weighted by molar-refractivity contribution is 0.101. The second-order valence-corrected chi connectivity index (χ2v) is 6.88. The van der Waals surface area contributed by atoms with Crippen molar-refractivity contribution in [2.45, 2.75) is 38.6 Å². The fourth-order valence-electron chi connectivity index (χ4n) is 1.96. The molecule has 0 aliphatic carbocycles. The first kappa shape index (κ1) is 18.4. The minimum atomic E-state index is -0.647. The highest BCUT2D eigenvalue weighted by Gasteiger charge is 2.12. The lowest BCUT2D eigenvalue weighted by Gasteiger charge is -2.12. The molecule has 0 spiro atoms. The maximum atomic E-state index is 11.2. The summed E-state index contributed by atoms with van der Waals surface area (Å²) in [5, 5.41) is 22.3. The number of hydrogen-bond donors (Lipinski definition) is 1. The standard InChI is InChI=1S/C16H22N4O3S/c1-11(2)8-20-16(17-18-19-20)24-10-14(22)9-23-15-6-4-13(5-7-15)12(3)21/h4-7,11,14,22H,8-10H2,1-3H3. The van der Waals surface area contributed by atoms with Crippen LogP contribution in [0.1, 0.15) is 31.1 Å². The van der Waals surface area contributed by atoms with Gasteiger partial charge in [0.2, 0.25) is 5.16 Å². The predicted molar refractivity (Wildman–Crippen MR) is 91.3 cm³/mol. The van der Waals surface area contributed by atoms with Crippen molar-refractivity contribution >= 4 is 17.5 Å². The number of aliphatic hydroxyl groups excluding tert-OH is 1. The summed E-state index contributed by atoms with van der Waals surface area (Å²) in [6.45, 7) is 6.61. The number of nitrogens with zero attached hydrogens (tertiary/aromatic N) is 4. The van der Waals surface area contributed by atoms with Gasteiger partial charge in [0, 0.05) is 17.9 Å². The molecule has 0 saturated heterocycles. The number of carbonyl (C=O) groups is 1. The van der Waals surface area contributed by atoms with Crippen molar-refractivity contribution in [2.24, 2.45) is 5.92 Å². The zero-order chi connectivity index (χ0) is 17.5. The van der Waals surface area contributed by atoms with Gasteiger partial charge in [0.05, 0.1) is 6.10 Å². The topological polar surface area (TPSA) is 90.1 Å². The van der Waals surface area contributed by atoms with Gasteiger partial charge in [0.15, 0.2) is 5.78 Å². The van der Waals surface area contributed by atoms with E-state index in [4.69, 9.17) is 4.74 Å². The Morgan fingerprint density at radius 3 is 2.67 bits per heavy atom. The van der Waals surface area contributed by atoms with E-state index in [-0.39, 0.29) is 12.4 Å². The fourth-order valence-corrected chi connectivity index (χ4v) is 2.75. The number of ketones is 1. The van der Waals surface area contributed by atoms with Crippen molar-refractivity contribution in [1.29, 1.82) is 0 Å². The van der Waals surface area contributed by atoms with Crippen LogP contribution in [0, 0.1) is 5.92 Å². The Bertz CT molecular complexity index is 658. The van der Waals surface area contributed by atoms with Gasteiger partial charge in [0.25, 0.3) is 0 Å². The van der Waals surface area contributed by atoms with Gasteiger partial charge in [-0.2, -0.15) is 0 Å². The molecule has 0 bridgehead atoms. The smallest absolute Gasteiger partial charge is 0.209 e. The third-order valence-corrected chi connectivity index (χ3v) is 4.25. The largest absolute Gasteiger partial charge is 0.491 e. The van der Waals surface area contributed by atoms with Crippen LogP contribution in [0.2, 0.25) is 0 Å². The molecule has 0 radical (unpaired) electrons. The molecule has 2 rings (SSSR count). The minimum Gasteiger partial charge on any atom is -0.491 e. The Morgan fingerprint density at radius 2 is 2.04 bits per heavy atom. The summed E-state index contributed by atoms with van der Waals surface area (Å²) in [6.07, 6.45) is -0.647. The van der Waals surface area contributed by atoms with Crippen LogP contribution in [0.4, 0.5) is 0 Å². The van der Waals surface area contributed by atoms with Gasteiger partial charge >= 0.3 is 0 Å². The predicted octanol–water partition coefficient (Wildman–Crippen LogP) is 2.06. The summed E-state index contributed by atoms with van der Waals surface area (Å²) in [6, 6.07) is 6.86. The van der Waals surface area contributed by atoms with E-state index in [1.54, 1.807) is 28.9 Å². The summed E-state index contributed by atoms with van der Waals surface area (Å²) in [4.78, 5) is 11.2. The van der Waals surface area contributed by atoms with Crippen LogP contribution in [0.5, 0.6) is 5.75 Å². The molecule has 1 atom stereocenters. The number of rotatable bonds is 9. The molecule has 1 aromatic carbocycles. The molecule has 7 nitrogen and oxygen atoms in total. The molecular weight excluding hydrogens is 328 g/mol. The average Bonchev–Trinajstić information content (AvgIpc) is 2.97. The van der Waals surface area contributed by atoms with Gasteiger partial charge in [-0.05, 0) is 47.5 Å². The van der Waals surface area contributed by atoms with Crippen molar-refractivity contribution in [3.8, 4) is 5.75 Å². The van der Waals surface area contributed by atoms with Crippen molar-refractivity contribution in [1.82, 2.24) is 20.2 Å². The van der Waals surface area contributed by atoms with Crippen molar-refractivity contribution in [3.63, 3.8) is 0 Å². The second kappa shape index (κ2) is 8.79. The number of benzene rings is 1. The summed E-state index contributed by atoms with van der Waals surface area (Å²) in [5.74, 6) is 1.51. The lowest BCUT2D eigenvalue weighted by Crippen LogP contribution is -2.20. The monoisotopic (exact) mass is 350 g/mol. The molecule has 24 heavy (non-hydrogen) atoms. The molecule has 0 aliphatic rings. The Balaban J connectivity index is 1.78. The van der Waals surface area contributed by atoms with E-state index in [0.29, 0.717) is 28.1 Å². The first-order chi connectivity index (χ1) is 11.5. The van der Waals surface area contributed by atoms with Crippen LogP contribution < -0.4 is 4.74 Å². The average molecular weight is 350 g/mol. The number of carbonyl (C=O) groups excluding carboxylic acids is 1. The number of hydrogen-bond acceptors (Lipinski definition) is 7. The van der Waals surface area contributed by atoms with Crippen LogP contribution >= 0.6 is 11.8 Å². The highest BCUT2D eigenvalue weighted by atomic mass is 32.2. The quantitative estimate of drug-likeness (QED) is 0.547. The van der Waals surface area contributed by atoms with Crippen molar-refractivity contribution in [3.05, 3.63) is 29.8 Å². The first-order valence-corrected chi connectivity index (χ1v) is 8.75. The highest BCUT2D eigenvalue weighted by molar-refractivity contribution is 7.99. The van der Waals surface area contributed by atoms with Gasteiger partial charge in [-0.3, -0.25) is 4.79 Å². The maximum absolute atomic E-state index is 11.2. The molecule has 0 saturated carbocycles. The summed E-state index contributed by atoms with van der Waals surface area (Å²) < 4.78 is 7.27. The number of aromatic nitrogens is 4. The van der Waals surface area contributed by atoms with Gasteiger partial charge in [-0.1, -0.05) is 25.6 Å². The van der Waals surface area contributed by atoms with Crippen LogP contribution in [0.25, 0.3) is 0 Å². The molecule has 1 N–H and O–H groups in total. The number of Topliss-reactive ketones (excluding diaryl/α,β-unsaturated/α-hetero) is 1. The molecule has 0 aliphatic heterocycles. The molecule has 1 aromatic heterocycles. The van der Waals surface area contributed by atoms with Crippen molar-refractivity contribution < 1.29 is 14.6 Å². The van der Waals surface area contributed by atoms with E-state index in [9.17, 15) is 9.90 Å². The van der Waals surface area contributed by atoms with Crippen LogP contribution in [0.3, 0.4) is 0 Å². The van der Waals surface area contributed by atoms with E-state index in [1.807, 2.05) is 0 Å². The zero-order valence-corrected chi connectivity index (χ0v) is 14.9. The molecule has 8 heteroatoms. The Morgan fingerprint density at radius 1 is 1.33 bits per heavy atom. The molecule has 1 heterocycles. The summed E-state index contributed by atoms with van der Waals surface area (Å²) >= 11 is 1.40. The lowest BCUT2D eigenvalue weighted by atomic mass is 10.1. The summed E-state index contributed by atoms with van der Waals surface area (Å²) in [7, 11) is 0. The van der Waals surface area contributed by atoms with Gasteiger partial charge < -0.3 is 9.84 Å². The third kappa shape index (κ3) is 5.61. The van der Waals surface area contributed by atoms with Crippen LogP contribution in [-0.4, -0.2) is 49.6 Å². The molecule has 0 amide bonds. The zero-order valence-electron chi connectivity index (χ0n) is 14.0. The Labute approximate surface area is 145 Å². The molecule has 1 unspecified atom stereocenters. The number of tetrazole rings is 1. The second-order valence-electron chi connectivity index (χ2n) is 5.89. The Hall–Kier alpha value is -1.93. The van der Waals surface area contributed by atoms with Crippen LogP contribution in [0.15, 0.2) is 29.4 Å². The van der Waals surface area contributed by atoms with Gasteiger partial charge in [-0.15, -0.1) is 5.10 Å².